The Balaban J connectivity index is 1.91. The molecule has 2 rings (SSSR count). The lowest BCUT2D eigenvalue weighted by Gasteiger charge is -2.20. The second kappa shape index (κ2) is 13.0. The van der Waals surface area contributed by atoms with E-state index in [0.717, 1.165) is 31.0 Å². The number of hydrogen-bond acceptors (Lipinski definition) is 6. The van der Waals surface area contributed by atoms with Gasteiger partial charge in [-0.1, -0.05) is 32.6 Å². The van der Waals surface area contributed by atoms with Crippen molar-refractivity contribution in [1.29, 1.82) is 0 Å². The summed E-state index contributed by atoms with van der Waals surface area (Å²) in [5, 5.41) is 0. The molecule has 176 valence electrons. The van der Waals surface area contributed by atoms with Gasteiger partial charge in [0, 0.05) is 24.6 Å². The SMILES string of the molecule is CCCCCCCOc1ccc(-c2ncc(C(=O)OC(COCC)C(F)(F)F)cn2)cc1. The molecule has 6 nitrogen and oxygen atoms in total. The van der Waals surface area contributed by atoms with Gasteiger partial charge in [0.05, 0.1) is 18.8 Å². The van der Waals surface area contributed by atoms with Crippen molar-refractivity contribution in [1.82, 2.24) is 9.97 Å². The largest absolute Gasteiger partial charge is 0.494 e. The number of halogens is 3. The predicted octanol–water partition coefficient (Wildman–Crippen LogP) is 5.62. The van der Waals surface area contributed by atoms with Gasteiger partial charge in [0.25, 0.3) is 0 Å². The highest BCUT2D eigenvalue weighted by Gasteiger charge is 2.43. The zero-order chi connectivity index (χ0) is 23.4. The fraction of sp³-hybridized carbons (Fsp3) is 0.522. The average molecular weight is 454 g/mol. The third-order valence-electron chi connectivity index (χ3n) is 4.60. The molecule has 1 unspecified atom stereocenters. The van der Waals surface area contributed by atoms with Crippen LogP contribution < -0.4 is 4.74 Å². The fourth-order valence-electron chi connectivity index (χ4n) is 2.80. The number of carbonyl (C=O) groups is 1. The first-order valence-electron chi connectivity index (χ1n) is 10.8. The minimum atomic E-state index is -4.73. The lowest BCUT2D eigenvalue weighted by atomic mass is 10.2. The highest BCUT2D eigenvalue weighted by Crippen LogP contribution is 2.25. The number of esters is 1. The van der Waals surface area contributed by atoms with Crippen molar-refractivity contribution in [3.05, 3.63) is 42.2 Å². The molecule has 0 fully saturated rings. The standard InChI is InChI=1S/C23H29F3N2O4/c1-3-5-6-7-8-13-31-19-11-9-17(10-12-19)21-27-14-18(15-28-21)22(29)32-20(16-30-4-2)23(24,25)26/h9-12,14-15,20H,3-8,13,16H2,1-2H3. The Kier molecular flexibility index (Phi) is 10.4. The van der Waals surface area contributed by atoms with Crippen LogP contribution in [0.2, 0.25) is 0 Å². The third-order valence-corrected chi connectivity index (χ3v) is 4.60. The molecule has 1 heterocycles. The summed E-state index contributed by atoms with van der Waals surface area (Å²) in [7, 11) is 0. The Morgan fingerprint density at radius 2 is 1.66 bits per heavy atom. The molecule has 1 aromatic heterocycles. The van der Waals surface area contributed by atoms with Crippen LogP contribution in [0, 0.1) is 0 Å². The molecule has 1 aromatic carbocycles. The van der Waals surface area contributed by atoms with Gasteiger partial charge in [-0.05, 0) is 37.6 Å². The lowest BCUT2D eigenvalue weighted by Crippen LogP contribution is -2.37. The Morgan fingerprint density at radius 1 is 1.00 bits per heavy atom. The van der Waals surface area contributed by atoms with Crippen molar-refractivity contribution >= 4 is 5.97 Å². The van der Waals surface area contributed by atoms with Crippen LogP contribution in [0.4, 0.5) is 13.2 Å². The lowest BCUT2D eigenvalue weighted by molar-refractivity contribution is -0.217. The van der Waals surface area contributed by atoms with Crippen LogP contribution in [0.3, 0.4) is 0 Å². The summed E-state index contributed by atoms with van der Waals surface area (Å²) in [6.45, 7) is 3.69. The molecule has 9 heteroatoms. The molecule has 0 aliphatic heterocycles. The van der Waals surface area contributed by atoms with Gasteiger partial charge in [-0.15, -0.1) is 0 Å². The molecule has 32 heavy (non-hydrogen) atoms. The maximum absolute atomic E-state index is 13.0. The molecule has 0 saturated carbocycles. The van der Waals surface area contributed by atoms with Crippen molar-refractivity contribution < 1.29 is 32.2 Å². The molecule has 1 atom stereocenters. The topological polar surface area (TPSA) is 70.5 Å². The summed E-state index contributed by atoms with van der Waals surface area (Å²) in [5.74, 6) is -0.104. The molecule has 0 amide bonds. The van der Waals surface area contributed by atoms with E-state index in [9.17, 15) is 18.0 Å². The second-order valence-corrected chi connectivity index (χ2v) is 7.18. The van der Waals surface area contributed by atoms with Crippen LogP contribution in [0.15, 0.2) is 36.7 Å². The summed E-state index contributed by atoms with van der Waals surface area (Å²) in [5.41, 5.74) is 0.507. The summed E-state index contributed by atoms with van der Waals surface area (Å²) in [6, 6.07) is 7.16. The molecule has 0 N–H and O–H groups in total. The number of unbranched alkanes of at least 4 members (excludes halogenated alkanes) is 4. The molecular weight excluding hydrogens is 425 g/mol. The van der Waals surface area contributed by atoms with Crippen molar-refractivity contribution in [2.45, 2.75) is 58.2 Å². The van der Waals surface area contributed by atoms with Crippen molar-refractivity contribution in [2.75, 3.05) is 19.8 Å². The molecule has 0 radical (unpaired) electrons. The Labute approximate surface area is 186 Å². The van der Waals surface area contributed by atoms with E-state index in [4.69, 9.17) is 9.47 Å². The van der Waals surface area contributed by atoms with E-state index in [1.807, 2.05) is 0 Å². The highest BCUT2D eigenvalue weighted by atomic mass is 19.4. The van der Waals surface area contributed by atoms with Gasteiger partial charge >= 0.3 is 12.1 Å². The summed E-state index contributed by atoms with van der Waals surface area (Å²) >= 11 is 0. The highest BCUT2D eigenvalue weighted by molar-refractivity contribution is 5.89. The summed E-state index contributed by atoms with van der Waals surface area (Å²) in [4.78, 5) is 20.2. The first-order chi connectivity index (χ1) is 15.3. The zero-order valence-electron chi connectivity index (χ0n) is 18.4. The van der Waals surface area contributed by atoms with E-state index < -0.39 is 24.9 Å². The van der Waals surface area contributed by atoms with E-state index in [1.54, 1.807) is 31.2 Å². The molecule has 0 aliphatic rings. The van der Waals surface area contributed by atoms with Gasteiger partial charge < -0.3 is 14.2 Å². The van der Waals surface area contributed by atoms with Gasteiger partial charge in [-0.2, -0.15) is 13.2 Å². The number of aromatic nitrogens is 2. The predicted molar refractivity (Wildman–Crippen MR) is 113 cm³/mol. The number of carbonyl (C=O) groups excluding carboxylic acids is 1. The van der Waals surface area contributed by atoms with E-state index in [0.29, 0.717) is 18.0 Å². The van der Waals surface area contributed by atoms with E-state index in [2.05, 4.69) is 21.6 Å². The number of hydrogen-bond donors (Lipinski definition) is 0. The van der Waals surface area contributed by atoms with Gasteiger partial charge in [0.2, 0.25) is 6.10 Å². The number of alkyl halides is 3. The molecule has 0 bridgehead atoms. The maximum atomic E-state index is 13.0. The van der Waals surface area contributed by atoms with E-state index in [-0.39, 0.29) is 12.2 Å². The Hall–Kier alpha value is -2.68. The fourth-order valence-corrected chi connectivity index (χ4v) is 2.80. The Morgan fingerprint density at radius 3 is 2.25 bits per heavy atom. The van der Waals surface area contributed by atoms with Gasteiger partial charge in [0.15, 0.2) is 5.82 Å². The number of benzene rings is 1. The van der Waals surface area contributed by atoms with E-state index >= 15 is 0 Å². The number of rotatable bonds is 13. The van der Waals surface area contributed by atoms with Crippen molar-refractivity contribution in [3.63, 3.8) is 0 Å². The van der Waals surface area contributed by atoms with Crippen LogP contribution >= 0.6 is 0 Å². The maximum Gasteiger partial charge on any atom is 0.427 e. The first kappa shape index (κ1) is 25.6. The first-order valence-corrected chi connectivity index (χ1v) is 10.8. The van der Waals surface area contributed by atoms with E-state index in [1.165, 1.54) is 19.3 Å². The second-order valence-electron chi connectivity index (χ2n) is 7.18. The van der Waals surface area contributed by atoms with Crippen LogP contribution in [-0.2, 0) is 9.47 Å². The van der Waals surface area contributed by atoms with Gasteiger partial charge in [-0.3, -0.25) is 0 Å². The van der Waals surface area contributed by atoms with Crippen molar-refractivity contribution in [2.24, 2.45) is 0 Å². The van der Waals surface area contributed by atoms with Crippen molar-refractivity contribution in [3.8, 4) is 17.1 Å². The molecular formula is C23H29F3N2O4. The smallest absolute Gasteiger partial charge is 0.427 e. The number of ether oxygens (including phenoxy) is 3. The molecule has 0 aliphatic carbocycles. The van der Waals surface area contributed by atoms with Crippen LogP contribution in [-0.4, -0.2) is 48.0 Å². The quantitative estimate of drug-likeness (QED) is 0.289. The normalized spacial score (nSPS) is 12.4. The Bertz CT molecular complexity index is 811. The summed E-state index contributed by atoms with van der Waals surface area (Å²) < 4.78 is 54.0. The minimum Gasteiger partial charge on any atom is -0.494 e. The monoisotopic (exact) mass is 454 g/mol. The average Bonchev–Trinajstić information content (AvgIpc) is 2.78. The molecule has 0 saturated heterocycles. The zero-order valence-corrected chi connectivity index (χ0v) is 18.4. The number of nitrogens with zero attached hydrogens (tertiary/aromatic N) is 2. The van der Waals surface area contributed by atoms with Gasteiger partial charge in [0.1, 0.15) is 5.75 Å². The van der Waals surface area contributed by atoms with Gasteiger partial charge in [-0.25, -0.2) is 14.8 Å². The summed E-state index contributed by atoms with van der Waals surface area (Å²) in [6.07, 6.45) is 0.989. The third kappa shape index (κ3) is 8.45. The van der Waals surface area contributed by atoms with Crippen LogP contribution in [0.5, 0.6) is 5.75 Å². The molecule has 0 spiro atoms. The van der Waals surface area contributed by atoms with Crippen LogP contribution in [0.1, 0.15) is 56.3 Å². The molecule has 2 aromatic rings. The minimum absolute atomic E-state index is 0.0741. The van der Waals surface area contributed by atoms with Crippen LogP contribution in [0.25, 0.3) is 11.4 Å².